The van der Waals surface area contributed by atoms with E-state index in [-0.39, 0.29) is 37.2 Å². The van der Waals surface area contributed by atoms with Crippen molar-refractivity contribution in [1.29, 1.82) is 0 Å². The van der Waals surface area contributed by atoms with Gasteiger partial charge in [0.15, 0.2) is 5.58 Å². The maximum Gasteiger partial charge on any atom is 0.308 e. The highest BCUT2D eigenvalue weighted by Crippen LogP contribution is 2.34. The number of aromatic nitrogens is 2. The Balaban J connectivity index is 1.08. The molecule has 2 atom stereocenters. The normalized spacial score (nSPS) is 16.1. The van der Waals surface area contributed by atoms with Crippen molar-refractivity contribution in [1.82, 2.24) is 14.9 Å². The summed E-state index contributed by atoms with van der Waals surface area (Å²) >= 11 is 0. The fourth-order valence-corrected chi connectivity index (χ4v) is 5.40. The van der Waals surface area contributed by atoms with E-state index < -0.39 is 11.9 Å². The molecule has 1 aliphatic heterocycles. The van der Waals surface area contributed by atoms with Crippen LogP contribution in [0.5, 0.6) is 5.75 Å². The summed E-state index contributed by atoms with van der Waals surface area (Å²) in [6, 6.07) is 23.5. The Hall–Kier alpha value is -5.71. The van der Waals surface area contributed by atoms with E-state index in [1.165, 1.54) is 12.4 Å². The number of hydrogen-bond donors (Lipinski definition) is 3. The number of rotatable bonds is 9. The Kier molecular flexibility index (Phi) is 7.92. The summed E-state index contributed by atoms with van der Waals surface area (Å²) in [5, 5.41) is 15.9. The van der Waals surface area contributed by atoms with Crippen LogP contribution in [0.4, 0.5) is 17.4 Å². The van der Waals surface area contributed by atoms with Crippen LogP contribution in [0.2, 0.25) is 0 Å². The van der Waals surface area contributed by atoms with Gasteiger partial charge in [-0.1, -0.05) is 24.3 Å². The SMILES string of the molecule is COc1cccc(Nc2nc3ccc(CC(=O)Nc4ccc(C5CN(C(=O)c6ccncc6)CC5C(=O)O)cc4)cc3o2)c1. The smallest absolute Gasteiger partial charge is 0.308 e. The molecule has 222 valence electrons. The van der Waals surface area contributed by atoms with Gasteiger partial charge in [0.2, 0.25) is 5.91 Å². The van der Waals surface area contributed by atoms with Gasteiger partial charge in [0.1, 0.15) is 11.3 Å². The zero-order valence-electron chi connectivity index (χ0n) is 23.8. The number of pyridine rings is 1. The molecule has 11 nitrogen and oxygen atoms in total. The van der Waals surface area contributed by atoms with E-state index >= 15 is 0 Å². The number of carboxylic acid groups (broad SMARTS) is 1. The van der Waals surface area contributed by atoms with Gasteiger partial charge in [0, 0.05) is 54.4 Å². The minimum Gasteiger partial charge on any atom is -0.497 e. The van der Waals surface area contributed by atoms with Crippen LogP contribution in [0.25, 0.3) is 11.1 Å². The van der Waals surface area contributed by atoms with Crippen LogP contribution in [0, 0.1) is 5.92 Å². The van der Waals surface area contributed by atoms with Crippen molar-refractivity contribution in [3.63, 3.8) is 0 Å². The summed E-state index contributed by atoms with van der Waals surface area (Å²) in [7, 11) is 1.60. The van der Waals surface area contributed by atoms with Crippen molar-refractivity contribution >= 4 is 46.3 Å². The summed E-state index contributed by atoms with van der Waals surface area (Å²) in [4.78, 5) is 47.8. The second-order valence-electron chi connectivity index (χ2n) is 10.5. The Morgan fingerprint density at radius 2 is 1.77 bits per heavy atom. The number of likely N-dealkylation sites (tertiary alicyclic amines) is 1. The number of carbonyl (C=O) groups excluding carboxylic acids is 2. The molecule has 0 aliphatic carbocycles. The van der Waals surface area contributed by atoms with Crippen molar-refractivity contribution in [3.8, 4) is 5.75 Å². The Labute approximate surface area is 252 Å². The molecular formula is C33H29N5O6. The number of nitrogens with one attached hydrogen (secondary N) is 2. The van der Waals surface area contributed by atoms with Crippen LogP contribution in [0.1, 0.15) is 27.4 Å². The lowest BCUT2D eigenvalue weighted by atomic mass is 9.89. The standard InChI is InChI=1S/C33H29N5O6/c1-43-25-4-2-3-24(17-25)36-33-37-28-10-5-20(15-29(28)44-33)16-30(39)35-23-8-6-21(7-9-23)26-18-38(19-27(26)32(41)42)31(40)22-11-13-34-14-12-22/h2-15,17,26-27H,16,18-19H2,1H3,(H,35,39)(H,36,37)(H,41,42). The van der Waals surface area contributed by atoms with Crippen LogP contribution >= 0.6 is 0 Å². The maximum atomic E-state index is 12.9. The summed E-state index contributed by atoms with van der Waals surface area (Å²) in [5.74, 6) is -1.80. The van der Waals surface area contributed by atoms with Crippen LogP contribution < -0.4 is 15.4 Å². The molecule has 0 saturated carbocycles. The van der Waals surface area contributed by atoms with Gasteiger partial charge in [0.25, 0.3) is 11.9 Å². The molecule has 2 amide bonds. The highest BCUT2D eigenvalue weighted by molar-refractivity contribution is 5.95. The van der Waals surface area contributed by atoms with Gasteiger partial charge in [-0.3, -0.25) is 19.4 Å². The molecule has 2 aromatic heterocycles. The van der Waals surface area contributed by atoms with E-state index in [0.717, 1.165) is 16.8 Å². The second-order valence-corrected chi connectivity index (χ2v) is 10.5. The lowest BCUT2D eigenvalue weighted by Crippen LogP contribution is -2.29. The Morgan fingerprint density at radius 1 is 0.977 bits per heavy atom. The number of hydrogen-bond acceptors (Lipinski definition) is 8. The average molecular weight is 592 g/mol. The van der Waals surface area contributed by atoms with Gasteiger partial charge in [-0.25, -0.2) is 0 Å². The first kappa shape index (κ1) is 28.4. The summed E-state index contributed by atoms with van der Waals surface area (Å²) in [6.07, 6.45) is 3.19. The number of carboxylic acids is 1. The average Bonchev–Trinajstić information content (AvgIpc) is 3.66. The zero-order valence-corrected chi connectivity index (χ0v) is 23.8. The number of ether oxygens (including phenoxy) is 1. The van der Waals surface area contributed by atoms with E-state index in [9.17, 15) is 19.5 Å². The fourth-order valence-electron chi connectivity index (χ4n) is 5.40. The van der Waals surface area contributed by atoms with Gasteiger partial charge in [0.05, 0.1) is 19.4 Å². The topological polar surface area (TPSA) is 147 Å². The molecule has 1 aliphatic rings. The van der Waals surface area contributed by atoms with Gasteiger partial charge >= 0.3 is 5.97 Å². The van der Waals surface area contributed by atoms with Crippen LogP contribution in [0.15, 0.2) is 95.7 Å². The van der Waals surface area contributed by atoms with E-state index in [4.69, 9.17) is 9.15 Å². The number of fused-ring (bicyclic) bond motifs is 1. The monoisotopic (exact) mass is 591 g/mol. The predicted octanol–water partition coefficient (Wildman–Crippen LogP) is 5.10. The molecule has 6 rings (SSSR count). The van der Waals surface area contributed by atoms with Gasteiger partial charge < -0.3 is 29.8 Å². The van der Waals surface area contributed by atoms with Crippen LogP contribution in [-0.4, -0.2) is 58.0 Å². The first-order valence-electron chi connectivity index (χ1n) is 14.0. The number of benzene rings is 3. The summed E-state index contributed by atoms with van der Waals surface area (Å²) < 4.78 is 11.1. The molecule has 1 saturated heterocycles. The number of aliphatic carboxylic acids is 1. The molecule has 3 N–H and O–H groups in total. The van der Waals surface area contributed by atoms with Crippen molar-refractivity contribution < 1.29 is 28.6 Å². The number of carbonyl (C=O) groups is 3. The number of nitrogens with zero attached hydrogens (tertiary/aromatic N) is 3. The van der Waals surface area contributed by atoms with E-state index in [1.54, 1.807) is 60.5 Å². The molecule has 1 fully saturated rings. The van der Waals surface area contributed by atoms with Crippen molar-refractivity contribution in [2.24, 2.45) is 5.92 Å². The number of anilines is 3. The molecule has 11 heteroatoms. The number of oxazole rings is 1. The zero-order chi connectivity index (χ0) is 30.6. The fraction of sp³-hybridized carbons (Fsp3) is 0.182. The molecular weight excluding hydrogens is 562 g/mol. The molecule has 44 heavy (non-hydrogen) atoms. The maximum absolute atomic E-state index is 12.9. The first-order chi connectivity index (χ1) is 21.4. The van der Waals surface area contributed by atoms with Crippen molar-refractivity contribution in [3.05, 3.63) is 108 Å². The number of amides is 2. The summed E-state index contributed by atoms with van der Waals surface area (Å²) in [6.45, 7) is 0.401. The Bertz CT molecular complexity index is 1820. The van der Waals surface area contributed by atoms with Crippen molar-refractivity contribution in [2.45, 2.75) is 12.3 Å². The number of methoxy groups -OCH3 is 1. The summed E-state index contributed by atoms with van der Waals surface area (Å²) in [5.41, 5.74) is 4.56. The third kappa shape index (κ3) is 6.21. The molecule has 0 spiro atoms. The van der Waals surface area contributed by atoms with E-state index in [0.29, 0.717) is 34.1 Å². The second kappa shape index (κ2) is 12.3. The highest BCUT2D eigenvalue weighted by atomic mass is 16.5. The predicted molar refractivity (Wildman–Crippen MR) is 163 cm³/mol. The molecule has 3 heterocycles. The van der Waals surface area contributed by atoms with Gasteiger partial charge in [-0.15, -0.1) is 0 Å². The lowest BCUT2D eigenvalue weighted by molar-refractivity contribution is -0.141. The molecule has 5 aromatic rings. The van der Waals surface area contributed by atoms with Gasteiger partial charge in [-0.05, 0) is 59.7 Å². The largest absolute Gasteiger partial charge is 0.497 e. The Morgan fingerprint density at radius 3 is 2.52 bits per heavy atom. The minimum atomic E-state index is -0.954. The van der Waals surface area contributed by atoms with Gasteiger partial charge in [-0.2, -0.15) is 4.98 Å². The minimum absolute atomic E-state index is 0.118. The third-order valence-corrected chi connectivity index (χ3v) is 7.61. The lowest BCUT2D eigenvalue weighted by Gasteiger charge is -2.17. The molecule has 0 bridgehead atoms. The van der Waals surface area contributed by atoms with E-state index in [1.807, 2.05) is 30.3 Å². The van der Waals surface area contributed by atoms with Crippen LogP contribution in [-0.2, 0) is 16.0 Å². The molecule has 3 aromatic carbocycles. The molecule has 0 radical (unpaired) electrons. The highest BCUT2D eigenvalue weighted by Gasteiger charge is 2.40. The van der Waals surface area contributed by atoms with Crippen LogP contribution in [0.3, 0.4) is 0 Å². The van der Waals surface area contributed by atoms with Crippen molar-refractivity contribution in [2.75, 3.05) is 30.8 Å². The molecule has 2 unspecified atom stereocenters. The first-order valence-corrected chi connectivity index (χ1v) is 14.0. The third-order valence-electron chi connectivity index (χ3n) is 7.61. The van der Waals surface area contributed by atoms with E-state index in [2.05, 4.69) is 20.6 Å². The quantitative estimate of drug-likeness (QED) is 0.213.